The summed E-state index contributed by atoms with van der Waals surface area (Å²) in [5.41, 5.74) is 4.06. The number of carbonyl (C=O) groups is 2. The van der Waals surface area contributed by atoms with Gasteiger partial charge in [-0.3, -0.25) is 9.59 Å². The third-order valence-electron chi connectivity index (χ3n) is 6.65. The van der Waals surface area contributed by atoms with Crippen LogP contribution >= 0.6 is 0 Å². The van der Waals surface area contributed by atoms with Gasteiger partial charge in [0, 0.05) is 25.3 Å². The van der Waals surface area contributed by atoms with Crippen molar-refractivity contribution in [1.82, 2.24) is 5.32 Å². The largest absolute Gasteiger partial charge is 0.482 e. The Balaban J connectivity index is 1.49. The van der Waals surface area contributed by atoms with E-state index in [1.807, 2.05) is 51.4 Å². The summed E-state index contributed by atoms with van der Waals surface area (Å²) in [4.78, 5) is 27.4. The molecule has 1 aromatic heterocycles. The molecule has 1 unspecified atom stereocenters. The third kappa shape index (κ3) is 3.91. The highest BCUT2D eigenvalue weighted by atomic mass is 16.5. The van der Waals surface area contributed by atoms with Crippen LogP contribution in [0.15, 0.2) is 52.9 Å². The van der Waals surface area contributed by atoms with E-state index in [0.717, 1.165) is 41.0 Å². The zero-order valence-corrected chi connectivity index (χ0v) is 19.9. The molecular weight excluding hydrogens is 430 g/mol. The van der Waals surface area contributed by atoms with Crippen LogP contribution in [-0.4, -0.2) is 32.5 Å². The van der Waals surface area contributed by atoms with E-state index in [1.165, 1.54) is 0 Å². The van der Waals surface area contributed by atoms with Crippen LogP contribution in [0.25, 0.3) is 0 Å². The van der Waals surface area contributed by atoms with Crippen LogP contribution in [0.5, 0.6) is 5.75 Å². The molecule has 0 bridgehead atoms. The van der Waals surface area contributed by atoms with Gasteiger partial charge in [0.15, 0.2) is 6.61 Å². The van der Waals surface area contributed by atoms with Gasteiger partial charge in [-0.25, -0.2) is 0 Å². The average Bonchev–Trinajstić information content (AvgIpc) is 3.52. The van der Waals surface area contributed by atoms with E-state index >= 15 is 0 Å². The molecule has 0 radical (unpaired) electrons. The summed E-state index contributed by atoms with van der Waals surface area (Å²) in [6, 6.07) is 15.2. The molecule has 2 heterocycles. The van der Waals surface area contributed by atoms with E-state index in [9.17, 15) is 9.59 Å². The molecular formula is C27H29N3O4. The first kappa shape index (κ1) is 22.1. The predicted octanol–water partition coefficient (Wildman–Crippen LogP) is 4.23. The van der Waals surface area contributed by atoms with Crippen molar-refractivity contribution in [2.75, 3.05) is 30.9 Å². The molecule has 2 N–H and O–H groups in total. The zero-order chi connectivity index (χ0) is 24.0. The molecule has 1 saturated carbocycles. The summed E-state index contributed by atoms with van der Waals surface area (Å²) in [5.74, 6) is 1.87. The Bertz CT molecular complexity index is 1270. The second-order valence-corrected chi connectivity index (χ2v) is 9.44. The Hall–Kier alpha value is -3.74. The van der Waals surface area contributed by atoms with E-state index in [0.29, 0.717) is 17.2 Å². The molecule has 7 nitrogen and oxygen atoms in total. The first-order valence-electron chi connectivity index (χ1n) is 11.5. The molecule has 5 rings (SSSR count). The van der Waals surface area contributed by atoms with E-state index in [-0.39, 0.29) is 18.4 Å². The Kier molecular flexibility index (Phi) is 5.35. The fourth-order valence-corrected chi connectivity index (χ4v) is 4.61. The normalized spacial score (nSPS) is 16.6. The standard InChI is InChI=1S/C27H29N3O4/c1-16-5-8-19(21(13-16)30(3)4)25(22-10-6-17(2)34-22)29-26(32)27(11-12-27)18-7-9-20-23(14-18)33-15-24(31)28-20/h5-10,13-14,25H,11-12,15H2,1-4H3,(H,28,31)(H,29,32). The molecule has 3 aromatic rings. The van der Waals surface area contributed by atoms with Gasteiger partial charge in [-0.2, -0.15) is 0 Å². The number of nitrogens with one attached hydrogen (secondary N) is 2. The van der Waals surface area contributed by atoms with Crippen molar-refractivity contribution in [3.05, 3.63) is 76.7 Å². The topological polar surface area (TPSA) is 83.8 Å². The van der Waals surface area contributed by atoms with Gasteiger partial charge in [0.25, 0.3) is 5.91 Å². The molecule has 2 aromatic carbocycles. The number of hydrogen-bond acceptors (Lipinski definition) is 5. The average molecular weight is 460 g/mol. The number of carbonyl (C=O) groups excluding carboxylic acids is 2. The summed E-state index contributed by atoms with van der Waals surface area (Å²) in [6.45, 7) is 3.94. The van der Waals surface area contributed by atoms with E-state index < -0.39 is 11.5 Å². The van der Waals surface area contributed by atoms with Gasteiger partial charge in [-0.05, 0) is 68.1 Å². The molecule has 1 fully saturated rings. The minimum absolute atomic E-state index is 0.0176. The van der Waals surface area contributed by atoms with Crippen molar-refractivity contribution in [1.29, 1.82) is 0 Å². The Labute approximate surface area is 199 Å². The quantitative estimate of drug-likeness (QED) is 0.576. The van der Waals surface area contributed by atoms with Crippen molar-refractivity contribution in [2.24, 2.45) is 0 Å². The van der Waals surface area contributed by atoms with Crippen molar-refractivity contribution < 1.29 is 18.7 Å². The Morgan fingerprint density at radius 1 is 1.09 bits per heavy atom. The SMILES string of the molecule is Cc1ccc(C(NC(=O)C2(c3ccc4c(c3)OCC(=O)N4)CC2)c2ccc(C)o2)c(N(C)C)c1. The van der Waals surface area contributed by atoms with Gasteiger partial charge in [0.1, 0.15) is 23.3 Å². The van der Waals surface area contributed by atoms with Crippen LogP contribution in [0, 0.1) is 13.8 Å². The fourth-order valence-electron chi connectivity index (χ4n) is 4.61. The molecule has 1 atom stereocenters. The Morgan fingerprint density at radius 2 is 1.88 bits per heavy atom. The zero-order valence-electron chi connectivity index (χ0n) is 19.9. The van der Waals surface area contributed by atoms with Crippen molar-refractivity contribution in [2.45, 2.75) is 38.1 Å². The summed E-state index contributed by atoms with van der Waals surface area (Å²) >= 11 is 0. The van der Waals surface area contributed by atoms with Crippen LogP contribution in [0.1, 0.15) is 47.1 Å². The molecule has 34 heavy (non-hydrogen) atoms. The van der Waals surface area contributed by atoms with E-state index in [4.69, 9.17) is 9.15 Å². The van der Waals surface area contributed by atoms with Crippen LogP contribution in [-0.2, 0) is 15.0 Å². The molecule has 2 amide bonds. The molecule has 0 saturated heterocycles. The number of anilines is 2. The molecule has 1 aliphatic heterocycles. The van der Waals surface area contributed by atoms with E-state index in [1.54, 1.807) is 0 Å². The molecule has 2 aliphatic rings. The minimum Gasteiger partial charge on any atom is -0.482 e. The lowest BCUT2D eigenvalue weighted by Gasteiger charge is -2.27. The van der Waals surface area contributed by atoms with Crippen LogP contribution in [0.2, 0.25) is 0 Å². The van der Waals surface area contributed by atoms with Crippen molar-refractivity contribution >= 4 is 23.2 Å². The lowest BCUT2D eigenvalue weighted by Crippen LogP contribution is -2.38. The monoisotopic (exact) mass is 459 g/mol. The van der Waals surface area contributed by atoms with Gasteiger partial charge >= 0.3 is 0 Å². The molecule has 0 spiro atoms. The molecule has 176 valence electrons. The van der Waals surface area contributed by atoms with Gasteiger partial charge in [-0.1, -0.05) is 18.2 Å². The first-order chi connectivity index (χ1) is 16.3. The number of nitrogens with zero attached hydrogens (tertiary/aromatic N) is 1. The second kappa shape index (κ2) is 8.24. The van der Waals surface area contributed by atoms with Crippen molar-refractivity contribution in [3.8, 4) is 5.75 Å². The highest BCUT2D eigenvalue weighted by Crippen LogP contribution is 2.50. The van der Waals surface area contributed by atoms with Crippen LogP contribution in [0.4, 0.5) is 11.4 Å². The van der Waals surface area contributed by atoms with E-state index in [2.05, 4.69) is 40.7 Å². The highest BCUT2D eigenvalue weighted by Gasteiger charge is 2.52. The summed E-state index contributed by atoms with van der Waals surface area (Å²) in [6.07, 6.45) is 1.50. The number of fused-ring (bicyclic) bond motifs is 1. The molecule has 7 heteroatoms. The van der Waals surface area contributed by atoms with Gasteiger partial charge in [0.05, 0.1) is 11.1 Å². The lowest BCUT2D eigenvalue weighted by atomic mass is 9.92. The number of hydrogen-bond donors (Lipinski definition) is 2. The number of rotatable bonds is 6. The third-order valence-corrected chi connectivity index (χ3v) is 6.65. The Morgan fingerprint density at radius 3 is 2.56 bits per heavy atom. The number of aryl methyl sites for hydroxylation is 2. The minimum atomic E-state index is -0.622. The summed E-state index contributed by atoms with van der Waals surface area (Å²) < 4.78 is 11.6. The van der Waals surface area contributed by atoms with Crippen LogP contribution in [0.3, 0.4) is 0 Å². The number of amides is 2. The number of furan rings is 1. The maximum atomic E-state index is 13.8. The summed E-state index contributed by atoms with van der Waals surface area (Å²) in [5, 5.41) is 6.10. The maximum Gasteiger partial charge on any atom is 0.262 e. The maximum absolute atomic E-state index is 13.8. The van der Waals surface area contributed by atoms with Gasteiger partial charge in [0.2, 0.25) is 5.91 Å². The van der Waals surface area contributed by atoms with Crippen molar-refractivity contribution in [3.63, 3.8) is 0 Å². The second-order valence-electron chi connectivity index (χ2n) is 9.44. The number of benzene rings is 2. The van der Waals surface area contributed by atoms with Crippen LogP contribution < -0.4 is 20.3 Å². The van der Waals surface area contributed by atoms with Gasteiger partial charge < -0.3 is 24.7 Å². The fraction of sp³-hybridized carbons (Fsp3) is 0.333. The lowest BCUT2D eigenvalue weighted by molar-refractivity contribution is -0.124. The predicted molar refractivity (Wildman–Crippen MR) is 130 cm³/mol. The molecule has 1 aliphatic carbocycles. The summed E-state index contributed by atoms with van der Waals surface area (Å²) in [7, 11) is 4.00. The smallest absolute Gasteiger partial charge is 0.262 e. The first-order valence-corrected chi connectivity index (χ1v) is 11.5. The number of ether oxygens (including phenoxy) is 1. The highest BCUT2D eigenvalue weighted by molar-refractivity contribution is 5.96. The van der Waals surface area contributed by atoms with Gasteiger partial charge in [-0.15, -0.1) is 0 Å².